The minimum absolute atomic E-state index is 0.104. The Morgan fingerprint density at radius 3 is 2.55 bits per heavy atom. The highest BCUT2D eigenvalue weighted by Gasteiger charge is 2.37. The van der Waals surface area contributed by atoms with Crippen LogP contribution in [0.1, 0.15) is 29.8 Å². The summed E-state index contributed by atoms with van der Waals surface area (Å²) in [6.07, 6.45) is 1.06. The van der Waals surface area contributed by atoms with Gasteiger partial charge in [-0.15, -0.1) is 0 Å². The Bertz CT molecular complexity index is 942. The lowest BCUT2D eigenvalue weighted by Gasteiger charge is -2.39. The van der Waals surface area contributed by atoms with Gasteiger partial charge < -0.3 is 9.80 Å². The van der Waals surface area contributed by atoms with Gasteiger partial charge in [-0.25, -0.2) is 4.39 Å². The topological polar surface area (TPSA) is 61.7 Å². The zero-order valence-electron chi connectivity index (χ0n) is 18.3. The first kappa shape index (κ1) is 21.5. The van der Waals surface area contributed by atoms with E-state index in [-0.39, 0.29) is 23.7 Å². The molecule has 1 aromatic heterocycles. The van der Waals surface area contributed by atoms with Gasteiger partial charge in [0.2, 0.25) is 11.8 Å². The largest absolute Gasteiger partial charge is 0.341 e. The molecule has 0 spiro atoms. The van der Waals surface area contributed by atoms with Gasteiger partial charge >= 0.3 is 0 Å². The molecule has 0 aliphatic carbocycles. The molecule has 0 bridgehead atoms. The molecule has 4 rings (SSSR count). The molecule has 31 heavy (non-hydrogen) atoms. The van der Waals surface area contributed by atoms with Crippen LogP contribution in [0.2, 0.25) is 0 Å². The van der Waals surface area contributed by atoms with E-state index in [1.54, 1.807) is 12.1 Å². The SMILES string of the molecule is Cc1cc(C)n(CCC(=O)N2CCC3C(=O)N(Cc4ccc(F)cc4)CCN3CC2)n1. The monoisotopic (exact) mass is 427 g/mol. The van der Waals surface area contributed by atoms with E-state index in [9.17, 15) is 14.0 Å². The van der Waals surface area contributed by atoms with Crippen molar-refractivity contribution in [3.63, 3.8) is 0 Å². The van der Waals surface area contributed by atoms with E-state index in [1.165, 1.54) is 12.1 Å². The first-order chi connectivity index (χ1) is 14.9. The van der Waals surface area contributed by atoms with Gasteiger partial charge in [-0.1, -0.05) is 12.1 Å². The van der Waals surface area contributed by atoms with E-state index in [0.29, 0.717) is 52.1 Å². The van der Waals surface area contributed by atoms with Crippen LogP contribution in [0.25, 0.3) is 0 Å². The second kappa shape index (κ2) is 9.18. The summed E-state index contributed by atoms with van der Waals surface area (Å²) in [7, 11) is 0. The summed E-state index contributed by atoms with van der Waals surface area (Å²) in [5, 5.41) is 4.43. The predicted octanol–water partition coefficient (Wildman–Crippen LogP) is 1.97. The summed E-state index contributed by atoms with van der Waals surface area (Å²) < 4.78 is 15.0. The third-order valence-corrected chi connectivity index (χ3v) is 6.30. The van der Waals surface area contributed by atoms with Crippen LogP contribution in [-0.4, -0.2) is 75.1 Å². The molecule has 2 fully saturated rings. The minimum atomic E-state index is -0.272. The number of hydrogen-bond acceptors (Lipinski definition) is 4. The smallest absolute Gasteiger partial charge is 0.240 e. The fourth-order valence-electron chi connectivity index (χ4n) is 4.57. The zero-order chi connectivity index (χ0) is 22.0. The normalized spacial score (nSPS) is 20.0. The van der Waals surface area contributed by atoms with Gasteiger partial charge in [0.1, 0.15) is 5.82 Å². The van der Waals surface area contributed by atoms with E-state index < -0.39 is 0 Å². The van der Waals surface area contributed by atoms with Crippen LogP contribution in [0, 0.1) is 19.7 Å². The van der Waals surface area contributed by atoms with Gasteiger partial charge in [0.15, 0.2) is 0 Å². The van der Waals surface area contributed by atoms with Crippen LogP contribution >= 0.6 is 0 Å². The fraction of sp³-hybridized carbons (Fsp3) is 0.522. The van der Waals surface area contributed by atoms with Crippen molar-refractivity contribution in [3.05, 3.63) is 53.1 Å². The average molecular weight is 428 g/mol. The molecule has 7 nitrogen and oxygen atoms in total. The molecule has 2 aliphatic heterocycles. The lowest BCUT2D eigenvalue weighted by Crippen LogP contribution is -2.56. The second-order valence-corrected chi connectivity index (χ2v) is 8.51. The Labute approximate surface area is 182 Å². The fourth-order valence-corrected chi connectivity index (χ4v) is 4.57. The number of benzene rings is 1. The van der Waals surface area contributed by atoms with Gasteiger partial charge in [-0.2, -0.15) is 5.10 Å². The number of carbonyl (C=O) groups is 2. The lowest BCUT2D eigenvalue weighted by molar-refractivity contribution is -0.142. The third-order valence-electron chi connectivity index (χ3n) is 6.30. The van der Waals surface area contributed by atoms with E-state index in [4.69, 9.17) is 0 Å². The third kappa shape index (κ3) is 4.95. The van der Waals surface area contributed by atoms with Crippen LogP contribution in [0.3, 0.4) is 0 Å². The average Bonchev–Trinajstić information content (AvgIpc) is 2.94. The maximum Gasteiger partial charge on any atom is 0.240 e. The lowest BCUT2D eigenvalue weighted by atomic mass is 10.1. The highest BCUT2D eigenvalue weighted by Crippen LogP contribution is 2.20. The van der Waals surface area contributed by atoms with Crippen molar-refractivity contribution in [3.8, 4) is 0 Å². The summed E-state index contributed by atoms with van der Waals surface area (Å²) in [4.78, 5) is 31.9. The Morgan fingerprint density at radius 1 is 1.10 bits per heavy atom. The summed E-state index contributed by atoms with van der Waals surface area (Å²) >= 11 is 0. The minimum Gasteiger partial charge on any atom is -0.341 e. The Kier molecular flexibility index (Phi) is 6.36. The van der Waals surface area contributed by atoms with E-state index in [2.05, 4.69) is 10.00 Å². The summed E-state index contributed by atoms with van der Waals surface area (Å²) in [5.74, 6) is -0.0539. The standard InChI is InChI=1S/C23H30FN5O2/c1-17-15-18(2)29(25-17)10-8-22(30)27-9-7-21-23(31)28(14-12-26(21)11-13-27)16-19-3-5-20(24)6-4-19/h3-6,15,21H,7-14,16H2,1-2H3. The highest BCUT2D eigenvalue weighted by molar-refractivity contribution is 5.83. The number of amides is 2. The number of aromatic nitrogens is 2. The van der Waals surface area contributed by atoms with Gasteiger partial charge in [0.25, 0.3) is 0 Å². The van der Waals surface area contributed by atoms with E-state index in [1.807, 2.05) is 34.4 Å². The van der Waals surface area contributed by atoms with Crippen LogP contribution in [0.5, 0.6) is 0 Å². The summed E-state index contributed by atoms with van der Waals surface area (Å²) in [5.41, 5.74) is 2.95. The number of halogens is 1. The molecule has 2 amide bonds. The van der Waals surface area contributed by atoms with Gasteiger partial charge in [-0.05, 0) is 44.0 Å². The first-order valence-electron chi connectivity index (χ1n) is 11.0. The van der Waals surface area contributed by atoms with Gasteiger partial charge in [0, 0.05) is 57.9 Å². The number of aryl methyl sites for hydroxylation is 3. The van der Waals surface area contributed by atoms with Crippen molar-refractivity contribution in [2.75, 3.05) is 32.7 Å². The summed E-state index contributed by atoms with van der Waals surface area (Å²) in [6, 6.07) is 8.13. The zero-order valence-corrected chi connectivity index (χ0v) is 18.3. The molecule has 2 aliphatic rings. The molecular weight excluding hydrogens is 397 g/mol. The number of fused-ring (bicyclic) bond motifs is 1. The molecule has 0 N–H and O–H groups in total. The number of piperazine rings is 1. The van der Waals surface area contributed by atoms with Crippen LogP contribution < -0.4 is 0 Å². The number of nitrogens with zero attached hydrogens (tertiary/aromatic N) is 5. The molecule has 1 aromatic carbocycles. The van der Waals surface area contributed by atoms with Crippen LogP contribution in [0.15, 0.2) is 30.3 Å². The molecule has 0 radical (unpaired) electrons. The van der Waals surface area contributed by atoms with Crippen LogP contribution in [-0.2, 0) is 22.7 Å². The molecule has 3 heterocycles. The van der Waals surface area contributed by atoms with E-state index >= 15 is 0 Å². The highest BCUT2D eigenvalue weighted by atomic mass is 19.1. The molecule has 8 heteroatoms. The van der Waals surface area contributed by atoms with Crippen molar-refractivity contribution in [2.45, 2.75) is 45.8 Å². The number of carbonyl (C=O) groups excluding carboxylic acids is 2. The van der Waals surface area contributed by atoms with Crippen molar-refractivity contribution in [1.29, 1.82) is 0 Å². The Balaban J connectivity index is 1.33. The molecule has 2 saturated heterocycles. The second-order valence-electron chi connectivity index (χ2n) is 8.51. The van der Waals surface area contributed by atoms with Crippen molar-refractivity contribution >= 4 is 11.8 Å². The summed E-state index contributed by atoms with van der Waals surface area (Å²) in [6.45, 7) is 8.42. The number of rotatable bonds is 5. The molecule has 2 aromatic rings. The van der Waals surface area contributed by atoms with E-state index in [0.717, 1.165) is 23.5 Å². The Morgan fingerprint density at radius 2 is 1.84 bits per heavy atom. The molecule has 1 atom stereocenters. The van der Waals surface area contributed by atoms with Gasteiger partial charge in [0.05, 0.1) is 11.7 Å². The van der Waals surface area contributed by atoms with Crippen LogP contribution in [0.4, 0.5) is 4.39 Å². The maximum absolute atomic E-state index is 13.2. The van der Waals surface area contributed by atoms with Crippen molar-refractivity contribution in [1.82, 2.24) is 24.5 Å². The number of hydrogen-bond donors (Lipinski definition) is 0. The van der Waals surface area contributed by atoms with Gasteiger partial charge in [-0.3, -0.25) is 19.2 Å². The first-order valence-corrected chi connectivity index (χ1v) is 11.0. The molecular formula is C23H30FN5O2. The Hall–Kier alpha value is -2.74. The van der Waals surface area contributed by atoms with Crippen molar-refractivity contribution in [2.24, 2.45) is 0 Å². The predicted molar refractivity (Wildman–Crippen MR) is 115 cm³/mol. The quantitative estimate of drug-likeness (QED) is 0.732. The molecule has 0 saturated carbocycles. The molecule has 166 valence electrons. The maximum atomic E-state index is 13.2. The van der Waals surface area contributed by atoms with Crippen molar-refractivity contribution < 1.29 is 14.0 Å². The molecule has 1 unspecified atom stereocenters.